The summed E-state index contributed by atoms with van der Waals surface area (Å²) in [5, 5.41) is 0. The van der Waals surface area contributed by atoms with E-state index in [1.807, 2.05) is 42.5 Å². The van der Waals surface area contributed by atoms with Crippen LogP contribution in [-0.2, 0) is 20.9 Å². The molecule has 0 fully saturated rings. The highest BCUT2D eigenvalue weighted by atomic mass is 16.6. The Balaban J connectivity index is 2.09. The number of carbonyl (C=O) groups is 1. The molecule has 0 aliphatic carbocycles. The van der Waals surface area contributed by atoms with E-state index >= 15 is 0 Å². The van der Waals surface area contributed by atoms with Gasteiger partial charge in [0.05, 0.1) is 13.2 Å². The SMILES string of the molecule is CCOC(=O)C(OCc1ccncc1)c1ccccc1. The smallest absolute Gasteiger partial charge is 0.339 e. The first-order chi connectivity index (χ1) is 9.81. The lowest BCUT2D eigenvalue weighted by Crippen LogP contribution is -2.19. The van der Waals surface area contributed by atoms with Crippen LogP contribution in [-0.4, -0.2) is 17.6 Å². The Hall–Kier alpha value is -2.20. The third-order valence-electron chi connectivity index (χ3n) is 2.77. The first-order valence-electron chi connectivity index (χ1n) is 6.53. The van der Waals surface area contributed by atoms with Gasteiger partial charge in [0.1, 0.15) is 0 Å². The molecule has 0 N–H and O–H groups in total. The molecule has 20 heavy (non-hydrogen) atoms. The first-order valence-corrected chi connectivity index (χ1v) is 6.53. The van der Waals surface area contributed by atoms with Gasteiger partial charge >= 0.3 is 5.97 Å². The maximum atomic E-state index is 12.0. The number of hydrogen-bond acceptors (Lipinski definition) is 4. The van der Waals surface area contributed by atoms with E-state index < -0.39 is 6.10 Å². The highest BCUT2D eigenvalue weighted by molar-refractivity contribution is 5.76. The summed E-state index contributed by atoms with van der Waals surface area (Å²) in [5.74, 6) is -0.368. The number of ether oxygens (including phenoxy) is 2. The maximum absolute atomic E-state index is 12.0. The average molecular weight is 271 g/mol. The van der Waals surface area contributed by atoms with Crippen LogP contribution in [0.15, 0.2) is 54.9 Å². The highest BCUT2D eigenvalue weighted by Gasteiger charge is 2.22. The fourth-order valence-corrected chi connectivity index (χ4v) is 1.80. The molecule has 104 valence electrons. The number of nitrogens with zero attached hydrogens (tertiary/aromatic N) is 1. The van der Waals surface area contributed by atoms with E-state index in [1.54, 1.807) is 19.3 Å². The van der Waals surface area contributed by atoms with E-state index in [-0.39, 0.29) is 5.97 Å². The van der Waals surface area contributed by atoms with Crippen molar-refractivity contribution < 1.29 is 14.3 Å². The van der Waals surface area contributed by atoms with E-state index in [9.17, 15) is 4.79 Å². The van der Waals surface area contributed by atoms with Crippen LogP contribution < -0.4 is 0 Å². The van der Waals surface area contributed by atoms with Crippen molar-refractivity contribution in [2.45, 2.75) is 19.6 Å². The van der Waals surface area contributed by atoms with Crippen molar-refractivity contribution in [1.29, 1.82) is 0 Å². The molecule has 2 rings (SSSR count). The lowest BCUT2D eigenvalue weighted by atomic mass is 10.1. The second-order valence-corrected chi connectivity index (χ2v) is 4.21. The number of pyridine rings is 1. The molecule has 0 aliphatic rings. The third kappa shape index (κ3) is 3.90. The average Bonchev–Trinajstić information content (AvgIpc) is 2.50. The second-order valence-electron chi connectivity index (χ2n) is 4.21. The van der Waals surface area contributed by atoms with E-state index in [1.165, 1.54) is 0 Å². The van der Waals surface area contributed by atoms with Gasteiger partial charge in [0.15, 0.2) is 6.10 Å². The minimum atomic E-state index is -0.704. The number of hydrogen-bond donors (Lipinski definition) is 0. The van der Waals surface area contributed by atoms with Gasteiger partial charge in [-0.1, -0.05) is 30.3 Å². The van der Waals surface area contributed by atoms with Crippen LogP contribution in [0.2, 0.25) is 0 Å². The van der Waals surface area contributed by atoms with Gasteiger partial charge in [0.2, 0.25) is 0 Å². The zero-order valence-corrected chi connectivity index (χ0v) is 11.4. The molecule has 0 amide bonds. The number of esters is 1. The summed E-state index contributed by atoms with van der Waals surface area (Å²) in [7, 11) is 0. The van der Waals surface area contributed by atoms with Gasteiger partial charge in [0, 0.05) is 12.4 Å². The van der Waals surface area contributed by atoms with Gasteiger partial charge in [0.25, 0.3) is 0 Å². The summed E-state index contributed by atoms with van der Waals surface area (Å²) in [6, 6.07) is 13.1. The minimum absolute atomic E-state index is 0.334. The monoisotopic (exact) mass is 271 g/mol. The van der Waals surface area contributed by atoms with Crippen molar-refractivity contribution in [1.82, 2.24) is 4.98 Å². The Bertz CT molecular complexity index is 528. The molecule has 0 radical (unpaired) electrons. The Kier molecular flexibility index (Phi) is 5.26. The first kappa shape index (κ1) is 14.2. The molecule has 1 atom stereocenters. The van der Waals surface area contributed by atoms with Crippen LogP contribution in [0.3, 0.4) is 0 Å². The van der Waals surface area contributed by atoms with Crippen molar-refractivity contribution in [3.63, 3.8) is 0 Å². The molecule has 0 saturated heterocycles. The van der Waals surface area contributed by atoms with Crippen LogP contribution in [0.5, 0.6) is 0 Å². The van der Waals surface area contributed by atoms with Crippen LogP contribution in [0.4, 0.5) is 0 Å². The lowest BCUT2D eigenvalue weighted by Gasteiger charge is -2.16. The van der Waals surface area contributed by atoms with Crippen LogP contribution in [0.1, 0.15) is 24.2 Å². The van der Waals surface area contributed by atoms with E-state index in [0.29, 0.717) is 13.2 Å². The predicted octanol–water partition coefficient (Wildman–Crippen LogP) is 2.90. The second kappa shape index (κ2) is 7.40. The Labute approximate surface area is 118 Å². The topological polar surface area (TPSA) is 48.4 Å². The van der Waals surface area contributed by atoms with Crippen molar-refractivity contribution in [2.24, 2.45) is 0 Å². The molecule has 4 heteroatoms. The predicted molar refractivity (Wildman–Crippen MR) is 74.8 cm³/mol. The molecule has 0 aliphatic heterocycles. The van der Waals surface area contributed by atoms with Gasteiger partial charge in [-0.3, -0.25) is 4.98 Å². The summed E-state index contributed by atoms with van der Waals surface area (Å²) in [6.45, 7) is 2.45. The molecule has 0 bridgehead atoms. The molecule has 1 aromatic heterocycles. The fraction of sp³-hybridized carbons (Fsp3) is 0.250. The quantitative estimate of drug-likeness (QED) is 0.758. The number of carbonyl (C=O) groups excluding carboxylic acids is 1. The van der Waals surface area contributed by atoms with Gasteiger partial charge in [-0.25, -0.2) is 4.79 Å². The molecule has 1 aromatic carbocycles. The maximum Gasteiger partial charge on any atom is 0.339 e. The molecule has 2 aromatic rings. The molecular formula is C16H17NO3. The molecule has 0 saturated carbocycles. The van der Waals surface area contributed by atoms with Crippen molar-refractivity contribution in [2.75, 3.05) is 6.61 Å². The zero-order chi connectivity index (χ0) is 14.2. The Morgan fingerprint density at radius 3 is 2.50 bits per heavy atom. The summed E-state index contributed by atoms with van der Waals surface area (Å²) in [6.07, 6.45) is 2.69. The van der Waals surface area contributed by atoms with Crippen molar-refractivity contribution >= 4 is 5.97 Å². The van der Waals surface area contributed by atoms with Gasteiger partial charge in [-0.15, -0.1) is 0 Å². The van der Waals surface area contributed by atoms with Crippen LogP contribution >= 0.6 is 0 Å². The molecule has 0 spiro atoms. The standard InChI is InChI=1S/C16H17NO3/c1-2-19-16(18)15(14-6-4-3-5-7-14)20-12-13-8-10-17-11-9-13/h3-11,15H,2,12H2,1H3. The number of rotatable bonds is 6. The number of aromatic nitrogens is 1. The van der Waals surface area contributed by atoms with Crippen molar-refractivity contribution in [3.05, 3.63) is 66.0 Å². The fourth-order valence-electron chi connectivity index (χ4n) is 1.80. The molecule has 1 unspecified atom stereocenters. The lowest BCUT2D eigenvalue weighted by molar-refractivity contribution is -0.158. The summed E-state index contributed by atoms with van der Waals surface area (Å²) < 4.78 is 10.8. The Morgan fingerprint density at radius 2 is 1.85 bits per heavy atom. The van der Waals surface area contributed by atoms with Gasteiger partial charge in [-0.05, 0) is 30.2 Å². The largest absolute Gasteiger partial charge is 0.464 e. The summed E-state index contributed by atoms with van der Waals surface area (Å²) in [4.78, 5) is 16.0. The van der Waals surface area contributed by atoms with E-state index in [2.05, 4.69) is 4.98 Å². The van der Waals surface area contributed by atoms with Crippen LogP contribution in [0.25, 0.3) is 0 Å². The minimum Gasteiger partial charge on any atom is -0.464 e. The molecule has 4 nitrogen and oxygen atoms in total. The van der Waals surface area contributed by atoms with E-state index in [0.717, 1.165) is 11.1 Å². The van der Waals surface area contributed by atoms with Gasteiger partial charge < -0.3 is 9.47 Å². The molecule has 1 heterocycles. The van der Waals surface area contributed by atoms with Crippen LogP contribution in [0, 0.1) is 0 Å². The third-order valence-corrected chi connectivity index (χ3v) is 2.77. The summed E-state index contributed by atoms with van der Waals surface area (Å²) in [5.41, 5.74) is 1.75. The zero-order valence-electron chi connectivity index (χ0n) is 11.4. The van der Waals surface area contributed by atoms with E-state index in [4.69, 9.17) is 9.47 Å². The molecular weight excluding hydrogens is 254 g/mol. The highest BCUT2D eigenvalue weighted by Crippen LogP contribution is 2.20. The summed E-state index contributed by atoms with van der Waals surface area (Å²) >= 11 is 0. The van der Waals surface area contributed by atoms with Crippen molar-refractivity contribution in [3.8, 4) is 0 Å². The normalized spacial score (nSPS) is 11.8. The number of benzene rings is 1. The van der Waals surface area contributed by atoms with Gasteiger partial charge in [-0.2, -0.15) is 0 Å². The Morgan fingerprint density at radius 1 is 1.15 bits per heavy atom.